The fourth-order valence-corrected chi connectivity index (χ4v) is 4.06. The first kappa shape index (κ1) is 24.7. The van der Waals surface area contributed by atoms with Crippen LogP contribution in [0.5, 0.6) is 17.2 Å². The van der Waals surface area contributed by atoms with Gasteiger partial charge >= 0.3 is 0 Å². The molecule has 8 heteroatoms. The van der Waals surface area contributed by atoms with E-state index in [4.69, 9.17) is 19.2 Å². The van der Waals surface area contributed by atoms with E-state index in [-0.39, 0.29) is 0 Å². The second kappa shape index (κ2) is 10.9. The van der Waals surface area contributed by atoms with Gasteiger partial charge < -0.3 is 19.1 Å². The highest BCUT2D eigenvalue weighted by molar-refractivity contribution is 5.83. The lowest BCUT2D eigenvalue weighted by Gasteiger charge is -2.24. The van der Waals surface area contributed by atoms with Crippen molar-refractivity contribution in [3.63, 3.8) is 0 Å². The number of rotatable bonds is 7. The molecular formula is C30H27N5O3. The number of anilines is 2. The van der Waals surface area contributed by atoms with Gasteiger partial charge in [-0.3, -0.25) is 9.67 Å². The molecule has 0 saturated heterocycles. The fraction of sp³-hybridized carbons (Fsp3) is 0.167. The van der Waals surface area contributed by atoms with Crippen molar-refractivity contribution in [2.45, 2.75) is 0 Å². The predicted molar refractivity (Wildman–Crippen MR) is 148 cm³/mol. The molecule has 0 amide bonds. The Balaban J connectivity index is 1.57. The van der Waals surface area contributed by atoms with Crippen LogP contribution in [0.4, 0.5) is 11.4 Å². The molecule has 38 heavy (non-hydrogen) atoms. The number of hydrogen-bond donors (Lipinski definition) is 0. The van der Waals surface area contributed by atoms with E-state index in [1.165, 1.54) is 0 Å². The number of hydrogen-bond acceptors (Lipinski definition) is 7. The smallest absolute Gasteiger partial charge is 0.124 e. The van der Waals surface area contributed by atoms with E-state index in [9.17, 15) is 0 Å². The monoisotopic (exact) mass is 505 g/mol. The van der Waals surface area contributed by atoms with E-state index in [0.29, 0.717) is 18.0 Å². The first-order chi connectivity index (χ1) is 18.6. The highest BCUT2D eigenvalue weighted by atomic mass is 16.5. The number of ether oxygens (including phenoxy) is 3. The average Bonchev–Trinajstić information content (AvgIpc) is 3.40. The molecule has 5 rings (SSSR count). The van der Waals surface area contributed by atoms with Crippen LogP contribution in [-0.2, 0) is 7.05 Å². The molecule has 0 radical (unpaired) electrons. The molecule has 0 aliphatic heterocycles. The maximum atomic E-state index is 5.53. The fourth-order valence-electron chi connectivity index (χ4n) is 4.06. The molecule has 0 aliphatic carbocycles. The Morgan fingerprint density at radius 2 is 1.61 bits per heavy atom. The van der Waals surface area contributed by atoms with Gasteiger partial charge in [0, 0.05) is 53.9 Å². The molecule has 190 valence electrons. The molecular weight excluding hydrogens is 478 g/mol. The maximum Gasteiger partial charge on any atom is 0.124 e. The molecule has 0 saturated carbocycles. The molecule has 0 atom stereocenters. The Hall–Kier alpha value is -5.03. The van der Waals surface area contributed by atoms with Gasteiger partial charge in [-0.05, 0) is 36.4 Å². The summed E-state index contributed by atoms with van der Waals surface area (Å²) in [6, 6.07) is 19.4. The second-order valence-electron chi connectivity index (χ2n) is 8.52. The van der Waals surface area contributed by atoms with Gasteiger partial charge in [0.25, 0.3) is 0 Å². The number of methoxy groups -OCH3 is 3. The zero-order chi connectivity index (χ0) is 26.5. The van der Waals surface area contributed by atoms with Crippen LogP contribution in [0.3, 0.4) is 0 Å². The SMILES string of the molecule is COc1cccc(C#CCN(c2cc(OC)cc(OC)c2)c2ccc3ncc(-c4cnn(C)c4)nc3c2)c1. The van der Waals surface area contributed by atoms with Gasteiger partial charge in [-0.1, -0.05) is 17.9 Å². The molecule has 8 nitrogen and oxygen atoms in total. The van der Waals surface area contributed by atoms with E-state index in [0.717, 1.165) is 45.0 Å². The number of nitrogens with zero attached hydrogens (tertiary/aromatic N) is 5. The molecule has 2 heterocycles. The van der Waals surface area contributed by atoms with E-state index >= 15 is 0 Å². The molecule has 0 unspecified atom stereocenters. The van der Waals surface area contributed by atoms with Gasteiger partial charge in [0.05, 0.1) is 57.0 Å². The molecule has 3 aromatic carbocycles. The minimum atomic E-state index is 0.411. The normalized spacial score (nSPS) is 10.5. The van der Waals surface area contributed by atoms with Crippen LogP contribution in [0.2, 0.25) is 0 Å². The summed E-state index contributed by atoms with van der Waals surface area (Å²) in [7, 11) is 6.80. The Kier molecular flexibility index (Phi) is 7.09. The van der Waals surface area contributed by atoms with Crippen LogP contribution < -0.4 is 19.1 Å². The van der Waals surface area contributed by atoms with Gasteiger partial charge in [-0.25, -0.2) is 4.98 Å². The van der Waals surface area contributed by atoms with E-state index in [1.54, 1.807) is 38.4 Å². The molecule has 5 aromatic rings. The zero-order valence-electron chi connectivity index (χ0n) is 21.7. The third kappa shape index (κ3) is 5.37. The Morgan fingerprint density at radius 3 is 2.32 bits per heavy atom. The maximum absolute atomic E-state index is 5.53. The van der Waals surface area contributed by atoms with Crippen LogP contribution >= 0.6 is 0 Å². The third-order valence-electron chi connectivity index (χ3n) is 6.03. The van der Waals surface area contributed by atoms with Crippen molar-refractivity contribution in [1.29, 1.82) is 0 Å². The zero-order valence-corrected chi connectivity index (χ0v) is 21.7. The van der Waals surface area contributed by atoms with Crippen molar-refractivity contribution >= 4 is 22.4 Å². The summed E-state index contributed by atoms with van der Waals surface area (Å²) in [6.07, 6.45) is 5.47. The summed E-state index contributed by atoms with van der Waals surface area (Å²) in [5.74, 6) is 8.69. The van der Waals surface area contributed by atoms with E-state index in [2.05, 4.69) is 26.8 Å². The molecule has 0 aliphatic rings. The summed E-state index contributed by atoms with van der Waals surface area (Å²) in [4.78, 5) is 11.6. The molecule has 0 spiro atoms. The first-order valence-corrected chi connectivity index (χ1v) is 12.0. The lowest BCUT2D eigenvalue weighted by atomic mass is 10.2. The Labute approximate surface area is 221 Å². The van der Waals surface area contributed by atoms with E-state index in [1.807, 2.05) is 73.9 Å². The average molecular weight is 506 g/mol. The summed E-state index contributed by atoms with van der Waals surface area (Å²) in [5, 5.41) is 4.25. The van der Waals surface area contributed by atoms with Crippen LogP contribution in [0.1, 0.15) is 5.56 Å². The van der Waals surface area contributed by atoms with Crippen LogP contribution in [0.15, 0.2) is 79.3 Å². The van der Waals surface area contributed by atoms with Gasteiger partial charge in [0.15, 0.2) is 0 Å². The highest BCUT2D eigenvalue weighted by Gasteiger charge is 2.14. The highest BCUT2D eigenvalue weighted by Crippen LogP contribution is 2.34. The summed E-state index contributed by atoms with van der Waals surface area (Å²) < 4.78 is 18.1. The molecule has 2 aromatic heterocycles. The Morgan fingerprint density at radius 1 is 0.816 bits per heavy atom. The minimum absolute atomic E-state index is 0.411. The first-order valence-electron chi connectivity index (χ1n) is 12.0. The molecule has 0 N–H and O–H groups in total. The summed E-state index contributed by atoms with van der Waals surface area (Å²) in [5.41, 5.74) is 5.89. The van der Waals surface area contributed by atoms with Crippen molar-refractivity contribution in [2.24, 2.45) is 7.05 Å². The van der Waals surface area contributed by atoms with Gasteiger partial charge in [-0.2, -0.15) is 5.10 Å². The van der Waals surface area contributed by atoms with Crippen molar-refractivity contribution in [1.82, 2.24) is 19.7 Å². The van der Waals surface area contributed by atoms with Crippen molar-refractivity contribution < 1.29 is 14.2 Å². The summed E-state index contributed by atoms with van der Waals surface area (Å²) >= 11 is 0. The number of aromatic nitrogens is 4. The molecule has 0 bridgehead atoms. The van der Waals surface area contributed by atoms with Gasteiger partial charge in [0.1, 0.15) is 17.2 Å². The number of benzene rings is 3. The standard InChI is InChI=1S/C30H27N5O3/c1-34-20-22(18-32-34)30-19-31-28-11-10-23(16-29(28)33-30)35(24-14-26(37-3)17-27(15-24)38-4)12-6-8-21-7-5-9-25(13-21)36-2/h5,7,9-11,13-20H,12H2,1-4H3. The number of aryl methyl sites for hydroxylation is 1. The minimum Gasteiger partial charge on any atom is -0.497 e. The third-order valence-corrected chi connectivity index (χ3v) is 6.03. The van der Waals surface area contributed by atoms with E-state index < -0.39 is 0 Å². The van der Waals surface area contributed by atoms with Gasteiger partial charge in [0.2, 0.25) is 0 Å². The Bertz CT molecular complexity index is 1630. The van der Waals surface area contributed by atoms with Gasteiger partial charge in [-0.15, -0.1) is 0 Å². The second-order valence-corrected chi connectivity index (χ2v) is 8.52. The van der Waals surface area contributed by atoms with Crippen molar-refractivity contribution in [3.05, 3.63) is 84.8 Å². The lowest BCUT2D eigenvalue weighted by molar-refractivity contribution is 0.394. The predicted octanol–water partition coefficient (Wildman–Crippen LogP) is 5.25. The topological polar surface area (TPSA) is 74.5 Å². The quantitative estimate of drug-likeness (QED) is 0.280. The number of fused-ring (bicyclic) bond motifs is 1. The van der Waals surface area contributed by atoms with Crippen LogP contribution in [-0.4, -0.2) is 47.6 Å². The van der Waals surface area contributed by atoms with Crippen LogP contribution in [0, 0.1) is 11.8 Å². The summed E-state index contributed by atoms with van der Waals surface area (Å²) in [6.45, 7) is 0.411. The van der Waals surface area contributed by atoms with Crippen molar-refractivity contribution in [2.75, 3.05) is 32.8 Å². The largest absolute Gasteiger partial charge is 0.497 e. The van der Waals surface area contributed by atoms with Crippen molar-refractivity contribution in [3.8, 4) is 40.3 Å². The molecule has 0 fully saturated rings. The van der Waals surface area contributed by atoms with Crippen LogP contribution in [0.25, 0.3) is 22.3 Å². The lowest BCUT2D eigenvalue weighted by Crippen LogP contribution is -2.17.